The number of hydrogen-bond donors (Lipinski definition) is 0. The van der Waals surface area contributed by atoms with Gasteiger partial charge in [-0.1, -0.05) is 31.2 Å². The highest BCUT2D eigenvalue weighted by Crippen LogP contribution is 2.43. The maximum atomic E-state index is 13.4. The van der Waals surface area contributed by atoms with Crippen LogP contribution in [0.2, 0.25) is 0 Å². The summed E-state index contributed by atoms with van der Waals surface area (Å²) in [5, 5.41) is 0. The van der Waals surface area contributed by atoms with Crippen molar-refractivity contribution < 1.29 is 14.0 Å². The van der Waals surface area contributed by atoms with Gasteiger partial charge in [-0.15, -0.1) is 0 Å². The lowest BCUT2D eigenvalue weighted by Gasteiger charge is -2.42. The van der Waals surface area contributed by atoms with E-state index in [-0.39, 0.29) is 28.5 Å². The third-order valence-corrected chi connectivity index (χ3v) is 6.89. The van der Waals surface area contributed by atoms with Crippen LogP contribution in [0.25, 0.3) is 0 Å². The fraction of sp³-hybridized carbons (Fsp3) is 0.565. The van der Waals surface area contributed by atoms with Gasteiger partial charge in [0, 0.05) is 38.0 Å². The standard InChI is InChI=1S/C23H29FN2O2/c1-22(8-3-2-4-9-22)21(28)25-12-10-23(11-13-25)15-20(27)26(17-23)16-18-6-5-7-19(24)14-18/h2-3,5-7,14H,4,8-13,15-17H2,1H3. The van der Waals surface area contributed by atoms with Crippen LogP contribution in [0, 0.1) is 16.6 Å². The maximum Gasteiger partial charge on any atom is 0.228 e. The summed E-state index contributed by atoms with van der Waals surface area (Å²) in [6, 6.07) is 6.47. The molecular weight excluding hydrogens is 355 g/mol. The molecule has 0 saturated carbocycles. The summed E-state index contributed by atoms with van der Waals surface area (Å²) >= 11 is 0. The lowest BCUT2D eigenvalue weighted by molar-refractivity contribution is -0.144. The molecule has 2 heterocycles. The number of nitrogens with zero attached hydrogens (tertiary/aromatic N) is 2. The van der Waals surface area contributed by atoms with Gasteiger partial charge in [0.15, 0.2) is 0 Å². The minimum Gasteiger partial charge on any atom is -0.342 e. The molecule has 5 heteroatoms. The largest absolute Gasteiger partial charge is 0.342 e. The van der Waals surface area contributed by atoms with Gasteiger partial charge in [-0.25, -0.2) is 4.39 Å². The molecule has 3 aliphatic rings. The molecule has 1 spiro atoms. The molecule has 2 saturated heterocycles. The quantitative estimate of drug-likeness (QED) is 0.742. The Morgan fingerprint density at radius 3 is 2.64 bits per heavy atom. The van der Waals surface area contributed by atoms with E-state index in [1.807, 2.05) is 15.9 Å². The summed E-state index contributed by atoms with van der Waals surface area (Å²) in [5.41, 5.74) is 0.527. The fourth-order valence-corrected chi connectivity index (χ4v) is 5.04. The molecule has 0 radical (unpaired) electrons. The summed E-state index contributed by atoms with van der Waals surface area (Å²) in [6.07, 6.45) is 9.31. The Labute approximate surface area is 166 Å². The van der Waals surface area contributed by atoms with Gasteiger partial charge >= 0.3 is 0 Å². The van der Waals surface area contributed by atoms with Crippen molar-refractivity contribution >= 4 is 11.8 Å². The number of piperidine rings is 1. The fourth-order valence-electron chi connectivity index (χ4n) is 5.04. The second-order valence-corrected chi connectivity index (χ2v) is 9.12. The van der Waals surface area contributed by atoms with E-state index in [9.17, 15) is 14.0 Å². The van der Waals surface area contributed by atoms with Crippen molar-refractivity contribution in [2.24, 2.45) is 10.8 Å². The highest BCUT2D eigenvalue weighted by molar-refractivity contribution is 5.83. The molecule has 1 aromatic rings. The predicted molar refractivity (Wildman–Crippen MR) is 106 cm³/mol. The number of carbonyl (C=O) groups is 2. The van der Waals surface area contributed by atoms with Gasteiger partial charge in [-0.3, -0.25) is 9.59 Å². The van der Waals surface area contributed by atoms with Crippen LogP contribution in [-0.2, 0) is 16.1 Å². The minimum absolute atomic E-state index is 0.0332. The minimum atomic E-state index is -0.270. The van der Waals surface area contributed by atoms with E-state index < -0.39 is 0 Å². The molecule has 4 rings (SSSR count). The van der Waals surface area contributed by atoms with Crippen LogP contribution >= 0.6 is 0 Å². The first-order valence-electron chi connectivity index (χ1n) is 10.4. The Morgan fingerprint density at radius 2 is 1.96 bits per heavy atom. The molecule has 28 heavy (non-hydrogen) atoms. The SMILES string of the molecule is CC1(C(=O)N2CCC3(CC2)CC(=O)N(Cc2cccc(F)c2)C3)CC=CCC1. The Kier molecular flexibility index (Phi) is 5.02. The topological polar surface area (TPSA) is 40.6 Å². The molecule has 0 N–H and O–H groups in total. The average Bonchev–Trinajstić information content (AvgIpc) is 2.97. The Morgan fingerprint density at radius 1 is 1.18 bits per heavy atom. The van der Waals surface area contributed by atoms with Crippen LogP contribution in [-0.4, -0.2) is 41.2 Å². The van der Waals surface area contributed by atoms with E-state index in [0.29, 0.717) is 19.5 Å². The van der Waals surface area contributed by atoms with Gasteiger partial charge in [0.2, 0.25) is 11.8 Å². The monoisotopic (exact) mass is 384 g/mol. The van der Waals surface area contributed by atoms with Crippen LogP contribution < -0.4 is 0 Å². The van der Waals surface area contributed by atoms with Crippen LogP contribution in [0.15, 0.2) is 36.4 Å². The van der Waals surface area contributed by atoms with Gasteiger partial charge in [0.25, 0.3) is 0 Å². The highest BCUT2D eigenvalue weighted by atomic mass is 19.1. The molecule has 1 aliphatic carbocycles. The Balaban J connectivity index is 1.37. The lowest BCUT2D eigenvalue weighted by atomic mass is 9.74. The second-order valence-electron chi connectivity index (χ2n) is 9.12. The number of allylic oxidation sites excluding steroid dienone is 2. The van der Waals surface area contributed by atoms with Gasteiger partial charge in [0.1, 0.15) is 5.82 Å². The number of halogens is 1. The molecule has 1 unspecified atom stereocenters. The molecule has 4 nitrogen and oxygen atoms in total. The zero-order valence-electron chi connectivity index (χ0n) is 16.6. The normalized spacial score (nSPS) is 26.9. The van der Waals surface area contributed by atoms with Crippen molar-refractivity contribution in [2.45, 2.75) is 52.0 Å². The van der Waals surface area contributed by atoms with Crippen LogP contribution in [0.4, 0.5) is 4.39 Å². The van der Waals surface area contributed by atoms with E-state index in [1.165, 1.54) is 12.1 Å². The number of rotatable bonds is 3. The molecule has 0 aromatic heterocycles. The predicted octanol–water partition coefficient (Wildman–Crippen LogP) is 3.91. The summed E-state index contributed by atoms with van der Waals surface area (Å²) in [6.45, 7) is 4.73. The van der Waals surface area contributed by atoms with E-state index in [2.05, 4.69) is 19.1 Å². The molecule has 1 aromatic carbocycles. The summed E-state index contributed by atoms with van der Waals surface area (Å²) < 4.78 is 13.4. The van der Waals surface area contributed by atoms with Crippen LogP contribution in [0.5, 0.6) is 0 Å². The number of likely N-dealkylation sites (tertiary alicyclic amines) is 2. The Hall–Kier alpha value is -2.17. The zero-order chi connectivity index (χ0) is 19.8. The van der Waals surface area contributed by atoms with Crippen molar-refractivity contribution in [1.82, 2.24) is 9.80 Å². The molecule has 0 bridgehead atoms. The van der Waals surface area contributed by atoms with Gasteiger partial charge in [-0.2, -0.15) is 0 Å². The van der Waals surface area contributed by atoms with E-state index in [4.69, 9.17) is 0 Å². The van der Waals surface area contributed by atoms with E-state index >= 15 is 0 Å². The first kappa shape index (κ1) is 19.2. The molecule has 2 amide bonds. The summed E-state index contributed by atoms with van der Waals surface area (Å²) in [5.74, 6) is 0.151. The third kappa shape index (κ3) is 3.71. The summed E-state index contributed by atoms with van der Waals surface area (Å²) in [4.78, 5) is 29.5. The highest BCUT2D eigenvalue weighted by Gasteiger charge is 2.47. The number of amides is 2. The van der Waals surface area contributed by atoms with Crippen LogP contribution in [0.3, 0.4) is 0 Å². The van der Waals surface area contributed by atoms with Gasteiger partial charge in [0.05, 0.1) is 5.41 Å². The Bertz CT molecular complexity index is 798. The molecular formula is C23H29FN2O2. The van der Waals surface area contributed by atoms with Gasteiger partial charge in [-0.05, 0) is 49.8 Å². The first-order valence-corrected chi connectivity index (χ1v) is 10.4. The van der Waals surface area contributed by atoms with E-state index in [1.54, 1.807) is 6.07 Å². The van der Waals surface area contributed by atoms with Crippen molar-refractivity contribution in [3.8, 4) is 0 Å². The molecule has 2 fully saturated rings. The smallest absolute Gasteiger partial charge is 0.228 e. The average molecular weight is 384 g/mol. The maximum absolute atomic E-state index is 13.4. The van der Waals surface area contributed by atoms with Gasteiger partial charge < -0.3 is 9.80 Å². The first-order chi connectivity index (χ1) is 13.4. The van der Waals surface area contributed by atoms with Crippen molar-refractivity contribution in [3.63, 3.8) is 0 Å². The summed E-state index contributed by atoms with van der Waals surface area (Å²) in [7, 11) is 0. The molecule has 1 atom stereocenters. The number of benzene rings is 1. The lowest BCUT2D eigenvalue weighted by Crippen LogP contribution is -2.49. The zero-order valence-corrected chi connectivity index (χ0v) is 16.6. The van der Waals surface area contributed by atoms with Crippen molar-refractivity contribution in [1.29, 1.82) is 0 Å². The number of carbonyl (C=O) groups excluding carboxylic acids is 2. The van der Waals surface area contributed by atoms with Crippen molar-refractivity contribution in [3.05, 3.63) is 47.8 Å². The third-order valence-electron chi connectivity index (χ3n) is 6.89. The van der Waals surface area contributed by atoms with Crippen LogP contribution in [0.1, 0.15) is 51.0 Å². The van der Waals surface area contributed by atoms with Crippen molar-refractivity contribution in [2.75, 3.05) is 19.6 Å². The second kappa shape index (κ2) is 7.34. The molecule has 2 aliphatic heterocycles. The number of hydrogen-bond acceptors (Lipinski definition) is 2. The molecule has 150 valence electrons. The van der Waals surface area contributed by atoms with E-state index in [0.717, 1.165) is 50.8 Å².